The molecule has 0 aliphatic carbocycles. The van der Waals surface area contributed by atoms with E-state index in [-0.39, 0.29) is 0 Å². The highest BCUT2D eigenvalue weighted by atomic mass is 16.5. The van der Waals surface area contributed by atoms with Gasteiger partial charge >= 0.3 is 0 Å². The van der Waals surface area contributed by atoms with Crippen LogP contribution in [0.25, 0.3) is 16.8 Å². The zero-order chi connectivity index (χ0) is 18.5. The Morgan fingerprint density at radius 1 is 0.963 bits per heavy atom. The van der Waals surface area contributed by atoms with Gasteiger partial charge in [-0.3, -0.25) is 4.99 Å². The van der Waals surface area contributed by atoms with E-state index in [1.165, 1.54) is 27.5 Å². The Morgan fingerprint density at radius 3 is 2.74 bits per heavy atom. The SMILES string of the molecule is CCCCOc1ccc2c(c1)CCN=C2/C=C/c1ccc2ccccc2c1. The summed E-state index contributed by atoms with van der Waals surface area (Å²) in [4.78, 5) is 4.74. The van der Waals surface area contributed by atoms with Gasteiger partial charge in [0.1, 0.15) is 5.75 Å². The summed E-state index contributed by atoms with van der Waals surface area (Å²) in [6, 6.07) is 21.4. The summed E-state index contributed by atoms with van der Waals surface area (Å²) in [6.45, 7) is 3.81. The first-order valence-electron chi connectivity index (χ1n) is 9.81. The van der Waals surface area contributed by atoms with E-state index in [1.54, 1.807) is 0 Å². The molecule has 0 aromatic heterocycles. The van der Waals surface area contributed by atoms with Crippen molar-refractivity contribution in [3.05, 3.63) is 83.4 Å². The summed E-state index contributed by atoms with van der Waals surface area (Å²) in [7, 11) is 0. The molecule has 0 atom stereocenters. The summed E-state index contributed by atoms with van der Waals surface area (Å²) in [5.74, 6) is 0.974. The van der Waals surface area contributed by atoms with Crippen LogP contribution in [0, 0.1) is 0 Å². The molecule has 0 spiro atoms. The second kappa shape index (κ2) is 8.22. The number of nitrogens with zero attached hydrogens (tertiary/aromatic N) is 1. The largest absolute Gasteiger partial charge is 0.494 e. The van der Waals surface area contributed by atoms with Crippen molar-refractivity contribution in [2.45, 2.75) is 26.2 Å². The average molecular weight is 355 g/mol. The van der Waals surface area contributed by atoms with Crippen LogP contribution in [0.5, 0.6) is 5.75 Å². The van der Waals surface area contributed by atoms with Gasteiger partial charge in [0.15, 0.2) is 0 Å². The zero-order valence-corrected chi connectivity index (χ0v) is 15.8. The van der Waals surface area contributed by atoms with Gasteiger partial charge in [-0.1, -0.05) is 55.8 Å². The highest BCUT2D eigenvalue weighted by molar-refractivity contribution is 6.12. The minimum Gasteiger partial charge on any atom is -0.494 e. The fraction of sp³-hybridized carbons (Fsp3) is 0.240. The number of unbranched alkanes of at least 4 members (excludes halogenated alkanes) is 1. The first kappa shape index (κ1) is 17.5. The lowest BCUT2D eigenvalue weighted by atomic mass is 9.96. The van der Waals surface area contributed by atoms with Crippen LogP contribution in [0.1, 0.15) is 36.5 Å². The maximum atomic E-state index is 5.86. The van der Waals surface area contributed by atoms with Crippen molar-refractivity contribution in [1.82, 2.24) is 0 Å². The van der Waals surface area contributed by atoms with Gasteiger partial charge in [0, 0.05) is 12.1 Å². The topological polar surface area (TPSA) is 21.6 Å². The number of fused-ring (bicyclic) bond motifs is 2. The third kappa shape index (κ3) is 4.11. The molecule has 136 valence electrons. The van der Waals surface area contributed by atoms with Crippen LogP contribution < -0.4 is 4.74 Å². The number of ether oxygens (including phenoxy) is 1. The fourth-order valence-electron chi connectivity index (χ4n) is 3.46. The molecule has 1 heterocycles. The van der Waals surface area contributed by atoms with Crippen LogP contribution in [0.15, 0.2) is 71.7 Å². The lowest BCUT2D eigenvalue weighted by molar-refractivity contribution is 0.309. The van der Waals surface area contributed by atoms with Gasteiger partial charge in [-0.2, -0.15) is 0 Å². The molecule has 4 rings (SSSR count). The zero-order valence-electron chi connectivity index (χ0n) is 15.8. The van der Waals surface area contributed by atoms with Crippen molar-refractivity contribution >= 4 is 22.6 Å². The van der Waals surface area contributed by atoms with E-state index in [0.29, 0.717) is 0 Å². The molecule has 3 aromatic carbocycles. The lowest BCUT2D eigenvalue weighted by Crippen LogP contribution is -2.11. The molecule has 0 bridgehead atoms. The Hall–Kier alpha value is -2.87. The molecule has 0 saturated carbocycles. The number of hydrogen-bond donors (Lipinski definition) is 0. The normalized spacial score (nSPS) is 13.6. The maximum absolute atomic E-state index is 5.86. The Labute approximate surface area is 161 Å². The molecule has 0 unspecified atom stereocenters. The monoisotopic (exact) mass is 355 g/mol. The second-order valence-corrected chi connectivity index (χ2v) is 6.98. The van der Waals surface area contributed by atoms with Crippen LogP contribution >= 0.6 is 0 Å². The maximum Gasteiger partial charge on any atom is 0.119 e. The average Bonchev–Trinajstić information content (AvgIpc) is 2.72. The van der Waals surface area contributed by atoms with Crippen LogP contribution in [-0.2, 0) is 6.42 Å². The molecule has 2 heteroatoms. The van der Waals surface area contributed by atoms with E-state index >= 15 is 0 Å². The van der Waals surface area contributed by atoms with Crippen LogP contribution in [0.3, 0.4) is 0 Å². The van der Waals surface area contributed by atoms with Crippen molar-refractivity contribution in [2.75, 3.05) is 13.2 Å². The number of hydrogen-bond acceptors (Lipinski definition) is 2. The minimum absolute atomic E-state index is 0.790. The van der Waals surface area contributed by atoms with Gasteiger partial charge in [-0.15, -0.1) is 0 Å². The third-order valence-corrected chi connectivity index (χ3v) is 4.99. The van der Waals surface area contributed by atoms with Crippen molar-refractivity contribution in [3.63, 3.8) is 0 Å². The molecule has 0 saturated heterocycles. The lowest BCUT2D eigenvalue weighted by Gasteiger charge is -2.16. The Morgan fingerprint density at radius 2 is 1.85 bits per heavy atom. The van der Waals surface area contributed by atoms with Gasteiger partial charge in [0.05, 0.1) is 12.3 Å². The predicted octanol–water partition coefficient (Wildman–Crippen LogP) is 6.08. The summed E-state index contributed by atoms with van der Waals surface area (Å²) < 4.78 is 5.86. The van der Waals surface area contributed by atoms with Gasteiger partial charge in [-0.25, -0.2) is 0 Å². The van der Waals surface area contributed by atoms with Crippen molar-refractivity contribution in [1.29, 1.82) is 0 Å². The van der Waals surface area contributed by atoms with Gasteiger partial charge in [-0.05, 0) is 65.1 Å². The molecule has 3 aromatic rings. The summed E-state index contributed by atoms with van der Waals surface area (Å²) in [6.07, 6.45) is 7.53. The number of aliphatic imine (C=N–C) groups is 1. The molecule has 0 N–H and O–H groups in total. The fourth-order valence-corrected chi connectivity index (χ4v) is 3.46. The molecule has 1 aliphatic heterocycles. The van der Waals surface area contributed by atoms with Gasteiger partial charge in [0.25, 0.3) is 0 Å². The van der Waals surface area contributed by atoms with E-state index in [1.807, 2.05) is 0 Å². The van der Waals surface area contributed by atoms with Crippen LogP contribution in [-0.4, -0.2) is 18.9 Å². The second-order valence-electron chi connectivity index (χ2n) is 6.98. The van der Waals surface area contributed by atoms with E-state index in [0.717, 1.165) is 43.9 Å². The molecular formula is C25H25NO. The quantitative estimate of drug-likeness (QED) is 0.491. The van der Waals surface area contributed by atoms with Crippen molar-refractivity contribution in [3.8, 4) is 5.75 Å². The first-order chi connectivity index (χ1) is 13.3. The number of benzene rings is 3. The van der Waals surface area contributed by atoms with Crippen LogP contribution in [0.4, 0.5) is 0 Å². The number of allylic oxidation sites excluding steroid dienone is 1. The molecular weight excluding hydrogens is 330 g/mol. The van der Waals surface area contributed by atoms with Gasteiger partial charge < -0.3 is 4.74 Å². The standard InChI is InChI=1S/C25H25NO/c1-2-3-16-27-23-11-12-24-22(18-23)14-15-26-25(24)13-9-19-8-10-20-6-4-5-7-21(20)17-19/h4-13,17-18H,2-3,14-16H2,1H3/b13-9+. The van der Waals surface area contributed by atoms with Gasteiger partial charge in [0.2, 0.25) is 0 Å². The van der Waals surface area contributed by atoms with E-state index in [9.17, 15) is 0 Å². The molecule has 1 aliphatic rings. The minimum atomic E-state index is 0.790. The first-order valence-corrected chi connectivity index (χ1v) is 9.81. The van der Waals surface area contributed by atoms with Crippen molar-refractivity contribution in [2.24, 2.45) is 4.99 Å². The summed E-state index contributed by atoms with van der Waals surface area (Å²) >= 11 is 0. The molecule has 0 amide bonds. The third-order valence-electron chi connectivity index (χ3n) is 4.99. The summed E-state index contributed by atoms with van der Waals surface area (Å²) in [5.41, 5.74) is 4.81. The molecule has 0 radical (unpaired) electrons. The molecule has 0 fully saturated rings. The Balaban J connectivity index is 1.54. The highest BCUT2D eigenvalue weighted by Crippen LogP contribution is 2.24. The molecule has 2 nitrogen and oxygen atoms in total. The van der Waals surface area contributed by atoms with E-state index in [4.69, 9.17) is 9.73 Å². The highest BCUT2D eigenvalue weighted by Gasteiger charge is 2.13. The smallest absolute Gasteiger partial charge is 0.119 e. The Kier molecular flexibility index (Phi) is 5.34. The van der Waals surface area contributed by atoms with Crippen molar-refractivity contribution < 1.29 is 4.74 Å². The predicted molar refractivity (Wildman–Crippen MR) is 115 cm³/mol. The van der Waals surface area contributed by atoms with E-state index in [2.05, 4.69) is 79.7 Å². The molecule has 27 heavy (non-hydrogen) atoms. The summed E-state index contributed by atoms with van der Waals surface area (Å²) in [5, 5.41) is 2.53. The Bertz CT molecular complexity index is 1000. The van der Waals surface area contributed by atoms with E-state index < -0.39 is 0 Å². The van der Waals surface area contributed by atoms with Crippen LogP contribution in [0.2, 0.25) is 0 Å². The number of rotatable bonds is 6.